The zero-order valence-corrected chi connectivity index (χ0v) is 10.3. The Morgan fingerprint density at radius 2 is 2.27 bits per heavy atom. The largest absolute Gasteiger partial charge is 0.393 e. The quantitative estimate of drug-likeness (QED) is 0.892. The molecule has 82 valence electrons. The van der Waals surface area contributed by atoms with Crippen molar-refractivity contribution in [2.45, 2.75) is 38.2 Å². The first-order valence-electron chi connectivity index (χ1n) is 5.54. The van der Waals surface area contributed by atoms with Crippen LogP contribution >= 0.6 is 15.9 Å². The molecule has 2 rings (SSSR count). The second-order valence-electron chi connectivity index (χ2n) is 4.26. The lowest BCUT2D eigenvalue weighted by Crippen LogP contribution is -2.09. The molecule has 0 spiro atoms. The smallest absolute Gasteiger partial charge is 0.0568 e. The van der Waals surface area contributed by atoms with Crippen LogP contribution in [0.1, 0.15) is 31.4 Å². The molecule has 1 aromatic rings. The maximum absolute atomic E-state index is 9.68. The fourth-order valence-electron chi connectivity index (χ4n) is 1.76. The van der Waals surface area contributed by atoms with E-state index in [1.165, 1.54) is 12.8 Å². The standard InChI is InChI=1S/C12H16BrNO/c13-10-6-7-11(14-8-10)2-1-3-12(15)9-4-5-9/h6-9,12,15H,1-5H2. The Hall–Kier alpha value is -0.410. The summed E-state index contributed by atoms with van der Waals surface area (Å²) in [6, 6.07) is 4.05. The first-order chi connectivity index (χ1) is 7.25. The van der Waals surface area contributed by atoms with Crippen molar-refractivity contribution in [3.63, 3.8) is 0 Å². The van der Waals surface area contributed by atoms with E-state index in [0.29, 0.717) is 5.92 Å². The van der Waals surface area contributed by atoms with Gasteiger partial charge in [0.2, 0.25) is 0 Å². The summed E-state index contributed by atoms with van der Waals surface area (Å²) >= 11 is 3.36. The molecule has 0 bridgehead atoms. The van der Waals surface area contributed by atoms with E-state index in [9.17, 15) is 5.11 Å². The Morgan fingerprint density at radius 3 is 2.87 bits per heavy atom. The molecule has 0 saturated heterocycles. The fourth-order valence-corrected chi connectivity index (χ4v) is 2.00. The van der Waals surface area contributed by atoms with E-state index in [1.807, 2.05) is 18.3 Å². The topological polar surface area (TPSA) is 33.1 Å². The van der Waals surface area contributed by atoms with E-state index in [2.05, 4.69) is 20.9 Å². The molecule has 1 atom stereocenters. The van der Waals surface area contributed by atoms with Crippen molar-refractivity contribution in [2.75, 3.05) is 0 Å². The highest BCUT2D eigenvalue weighted by molar-refractivity contribution is 9.10. The van der Waals surface area contributed by atoms with Crippen molar-refractivity contribution in [1.82, 2.24) is 4.98 Å². The second kappa shape index (κ2) is 5.08. The van der Waals surface area contributed by atoms with Crippen LogP contribution in [0, 0.1) is 5.92 Å². The third-order valence-corrected chi connectivity index (χ3v) is 3.36. The van der Waals surface area contributed by atoms with Gasteiger partial charge in [-0.15, -0.1) is 0 Å². The minimum atomic E-state index is -0.0690. The molecule has 0 aliphatic heterocycles. The van der Waals surface area contributed by atoms with Crippen LogP contribution < -0.4 is 0 Å². The van der Waals surface area contributed by atoms with Gasteiger partial charge in [-0.05, 0) is 66.1 Å². The number of hydrogen-bond acceptors (Lipinski definition) is 2. The number of halogens is 1. The van der Waals surface area contributed by atoms with Crippen LogP contribution in [0.3, 0.4) is 0 Å². The van der Waals surface area contributed by atoms with Gasteiger partial charge in [-0.25, -0.2) is 0 Å². The van der Waals surface area contributed by atoms with Crippen molar-refractivity contribution in [3.8, 4) is 0 Å². The maximum atomic E-state index is 9.68. The molecule has 2 nitrogen and oxygen atoms in total. The lowest BCUT2D eigenvalue weighted by molar-refractivity contribution is 0.139. The molecule has 1 aliphatic carbocycles. The minimum absolute atomic E-state index is 0.0690. The third kappa shape index (κ3) is 3.58. The highest BCUT2D eigenvalue weighted by Gasteiger charge is 2.28. The monoisotopic (exact) mass is 269 g/mol. The number of nitrogens with zero attached hydrogens (tertiary/aromatic N) is 1. The van der Waals surface area contributed by atoms with Crippen molar-refractivity contribution >= 4 is 15.9 Å². The summed E-state index contributed by atoms with van der Waals surface area (Å²) in [5.41, 5.74) is 1.11. The zero-order valence-electron chi connectivity index (χ0n) is 8.69. The molecule has 1 N–H and O–H groups in total. The van der Waals surface area contributed by atoms with Gasteiger partial charge in [0.1, 0.15) is 0 Å². The summed E-state index contributed by atoms with van der Waals surface area (Å²) in [6.45, 7) is 0. The third-order valence-electron chi connectivity index (χ3n) is 2.89. The van der Waals surface area contributed by atoms with E-state index in [1.54, 1.807) is 0 Å². The van der Waals surface area contributed by atoms with Crippen molar-refractivity contribution in [2.24, 2.45) is 5.92 Å². The zero-order chi connectivity index (χ0) is 10.7. The normalized spacial score (nSPS) is 17.7. The van der Waals surface area contributed by atoms with E-state index >= 15 is 0 Å². The second-order valence-corrected chi connectivity index (χ2v) is 5.18. The maximum Gasteiger partial charge on any atom is 0.0568 e. The van der Waals surface area contributed by atoms with Gasteiger partial charge in [-0.2, -0.15) is 0 Å². The lowest BCUT2D eigenvalue weighted by Gasteiger charge is -2.07. The van der Waals surface area contributed by atoms with Gasteiger partial charge in [0.15, 0.2) is 0 Å². The van der Waals surface area contributed by atoms with Gasteiger partial charge in [-0.3, -0.25) is 4.98 Å². The molecule has 1 aromatic heterocycles. The van der Waals surface area contributed by atoms with Crippen LogP contribution in [-0.4, -0.2) is 16.2 Å². The van der Waals surface area contributed by atoms with Crippen molar-refractivity contribution in [3.05, 3.63) is 28.5 Å². The fraction of sp³-hybridized carbons (Fsp3) is 0.583. The average molecular weight is 270 g/mol. The Balaban J connectivity index is 1.70. The summed E-state index contributed by atoms with van der Waals surface area (Å²) in [5.74, 6) is 0.600. The van der Waals surface area contributed by atoms with Gasteiger partial charge >= 0.3 is 0 Å². The molecular weight excluding hydrogens is 254 g/mol. The van der Waals surface area contributed by atoms with Crippen molar-refractivity contribution in [1.29, 1.82) is 0 Å². The number of rotatable bonds is 5. The summed E-state index contributed by atoms with van der Waals surface area (Å²) in [4.78, 5) is 4.31. The Bertz CT molecular complexity index is 308. The predicted octanol–water partition coefficient (Wildman–Crippen LogP) is 2.94. The molecule has 3 heteroatoms. The summed E-state index contributed by atoms with van der Waals surface area (Å²) in [5, 5.41) is 9.68. The van der Waals surface area contributed by atoms with E-state index in [0.717, 1.165) is 29.4 Å². The number of aliphatic hydroxyl groups is 1. The van der Waals surface area contributed by atoms with Crippen LogP contribution in [0.25, 0.3) is 0 Å². The lowest BCUT2D eigenvalue weighted by atomic mass is 10.1. The summed E-state index contributed by atoms with van der Waals surface area (Å²) in [7, 11) is 0. The number of hydrogen-bond donors (Lipinski definition) is 1. The molecule has 0 amide bonds. The number of pyridine rings is 1. The molecule has 1 fully saturated rings. The number of aliphatic hydroxyl groups excluding tert-OH is 1. The van der Waals surface area contributed by atoms with Crippen LogP contribution in [0.4, 0.5) is 0 Å². The number of aryl methyl sites for hydroxylation is 1. The van der Waals surface area contributed by atoms with Crippen LogP contribution in [0.5, 0.6) is 0 Å². The highest BCUT2D eigenvalue weighted by atomic mass is 79.9. The average Bonchev–Trinajstić information content (AvgIpc) is 3.04. The minimum Gasteiger partial charge on any atom is -0.393 e. The molecule has 1 unspecified atom stereocenters. The predicted molar refractivity (Wildman–Crippen MR) is 63.6 cm³/mol. The first kappa shape index (κ1) is 11.1. The van der Waals surface area contributed by atoms with Gasteiger partial charge < -0.3 is 5.11 Å². The summed E-state index contributed by atoms with van der Waals surface area (Å²) < 4.78 is 1.02. The van der Waals surface area contributed by atoms with E-state index in [-0.39, 0.29) is 6.10 Å². The van der Waals surface area contributed by atoms with Crippen LogP contribution in [-0.2, 0) is 6.42 Å². The molecule has 0 radical (unpaired) electrons. The van der Waals surface area contributed by atoms with E-state index < -0.39 is 0 Å². The van der Waals surface area contributed by atoms with Crippen molar-refractivity contribution < 1.29 is 5.11 Å². The van der Waals surface area contributed by atoms with Crippen LogP contribution in [0.2, 0.25) is 0 Å². The molecule has 1 heterocycles. The molecule has 15 heavy (non-hydrogen) atoms. The van der Waals surface area contributed by atoms with Gasteiger partial charge in [-0.1, -0.05) is 0 Å². The molecular formula is C12H16BrNO. The summed E-state index contributed by atoms with van der Waals surface area (Å²) in [6.07, 6.45) is 7.12. The number of aromatic nitrogens is 1. The van der Waals surface area contributed by atoms with Gasteiger partial charge in [0.05, 0.1) is 6.10 Å². The van der Waals surface area contributed by atoms with Crippen LogP contribution in [0.15, 0.2) is 22.8 Å². The Kier molecular flexibility index (Phi) is 3.76. The van der Waals surface area contributed by atoms with Gasteiger partial charge in [0, 0.05) is 16.4 Å². The molecule has 0 aromatic carbocycles. The first-order valence-corrected chi connectivity index (χ1v) is 6.33. The Labute approximate surface area is 98.9 Å². The Morgan fingerprint density at radius 1 is 1.47 bits per heavy atom. The van der Waals surface area contributed by atoms with E-state index in [4.69, 9.17) is 0 Å². The van der Waals surface area contributed by atoms with Gasteiger partial charge in [0.25, 0.3) is 0 Å². The SMILES string of the molecule is OC(CCCc1ccc(Br)cn1)C1CC1. The highest BCUT2D eigenvalue weighted by Crippen LogP contribution is 2.34. The molecule has 1 aliphatic rings. The molecule has 1 saturated carbocycles.